The minimum absolute atomic E-state index is 0.110. The van der Waals surface area contributed by atoms with E-state index < -0.39 is 10.0 Å². The summed E-state index contributed by atoms with van der Waals surface area (Å²) in [5, 5.41) is 6.69. The molecule has 1 N–H and O–H groups in total. The first kappa shape index (κ1) is 16.1. The topological polar surface area (TPSA) is 95.8 Å². The second-order valence-electron chi connectivity index (χ2n) is 6.23. The number of hydrogen-bond donors (Lipinski definition) is 1. The smallest absolute Gasteiger partial charge is 0.243 e. The number of carbonyl (C=O) groups is 1. The molecule has 2 aliphatic heterocycles. The summed E-state index contributed by atoms with van der Waals surface area (Å²) in [5.74, 6) is 1.35. The molecule has 0 spiro atoms. The largest absolute Gasteiger partial charge is 0.360 e. The van der Waals surface area contributed by atoms with Crippen molar-refractivity contribution >= 4 is 27.4 Å². The Morgan fingerprint density at radius 2 is 1.92 bits per heavy atom. The van der Waals surface area contributed by atoms with Crippen LogP contribution in [0.1, 0.15) is 11.3 Å². The van der Waals surface area contributed by atoms with Crippen LogP contribution in [0.5, 0.6) is 0 Å². The summed E-state index contributed by atoms with van der Waals surface area (Å²) in [5.41, 5.74) is 1.41. The lowest BCUT2D eigenvalue weighted by atomic mass is 10.2. The first-order chi connectivity index (χ1) is 11.9. The van der Waals surface area contributed by atoms with Crippen LogP contribution >= 0.6 is 0 Å². The van der Waals surface area contributed by atoms with Crippen molar-refractivity contribution in [2.45, 2.75) is 18.2 Å². The number of aromatic nitrogens is 1. The van der Waals surface area contributed by atoms with E-state index in [0.29, 0.717) is 31.9 Å². The molecule has 1 fully saturated rings. The number of sulfonamides is 1. The zero-order chi connectivity index (χ0) is 17.6. The van der Waals surface area contributed by atoms with E-state index in [9.17, 15) is 13.2 Å². The molecule has 0 radical (unpaired) electrons. The molecular formula is C16H18N4O4S. The molecule has 1 saturated heterocycles. The minimum atomic E-state index is -3.58. The Hall–Kier alpha value is -2.39. The van der Waals surface area contributed by atoms with Gasteiger partial charge in [-0.3, -0.25) is 4.79 Å². The molecule has 0 unspecified atom stereocenters. The summed E-state index contributed by atoms with van der Waals surface area (Å²) in [6.45, 7) is 3.68. The van der Waals surface area contributed by atoms with Crippen molar-refractivity contribution in [2.75, 3.05) is 36.4 Å². The lowest BCUT2D eigenvalue weighted by Gasteiger charge is -2.33. The Balaban J connectivity index is 1.50. The summed E-state index contributed by atoms with van der Waals surface area (Å²) in [7, 11) is -3.58. The molecule has 0 saturated carbocycles. The van der Waals surface area contributed by atoms with E-state index in [1.807, 2.05) is 17.9 Å². The zero-order valence-electron chi connectivity index (χ0n) is 13.7. The fraction of sp³-hybridized carbons (Fsp3) is 0.375. The summed E-state index contributed by atoms with van der Waals surface area (Å²) in [4.78, 5) is 13.7. The second-order valence-corrected chi connectivity index (χ2v) is 8.17. The SMILES string of the molecule is Cc1cc(N2CCN(S(=O)(=O)c3ccc4c(c3)CC(=O)N4)CC2)no1. The summed E-state index contributed by atoms with van der Waals surface area (Å²) >= 11 is 0. The number of rotatable bonds is 3. The highest BCUT2D eigenvalue weighted by molar-refractivity contribution is 7.89. The predicted molar refractivity (Wildman–Crippen MR) is 91.0 cm³/mol. The van der Waals surface area contributed by atoms with E-state index >= 15 is 0 Å². The average molecular weight is 362 g/mol. The maximum Gasteiger partial charge on any atom is 0.243 e. The van der Waals surface area contributed by atoms with Gasteiger partial charge in [-0.25, -0.2) is 8.42 Å². The van der Waals surface area contributed by atoms with Gasteiger partial charge in [0.2, 0.25) is 15.9 Å². The second kappa shape index (κ2) is 5.85. The molecule has 2 aliphatic rings. The van der Waals surface area contributed by atoms with Gasteiger partial charge >= 0.3 is 0 Å². The van der Waals surface area contributed by atoms with Crippen LogP contribution in [-0.4, -0.2) is 50.0 Å². The van der Waals surface area contributed by atoms with Crippen LogP contribution in [0.2, 0.25) is 0 Å². The van der Waals surface area contributed by atoms with E-state index in [4.69, 9.17) is 4.52 Å². The summed E-state index contributed by atoms with van der Waals surface area (Å²) in [6, 6.07) is 6.64. The van der Waals surface area contributed by atoms with Gasteiger partial charge in [-0.1, -0.05) is 5.16 Å². The number of amides is 1. The molecule has 8 nitrogen and oxygen atoms in total. The molecule has 1 aromatic heterocycles. The van der Waals surface area contributed by atoms with Gasteiger partial charge < -0.3 is 14.7 Å². The Morgan fingerprint density at radius 1 is 1.16 bits per heavy atom. The van der Waals surface area contributed by atoms with E-state index in [1.165, 1.54) is 4.31 Å². The van der Waals surface area contributed by atoms with E-state index in [-0.39, 0.29) is 17.2 Å². The molecule has 0 atom stereocenters. The minimum Gasteiger partial charge on any atom is -0.360 e. The number of hydrogen-bond acceptors (Lipinski definition) is 6. The average Bonchev–Trinajstić information content (AvgIpc) is 3.18. The first-order valence-electron chi connectivity index (χ1n) is 8.05. The van der Waals surface area contributed by atoms with Crippen molar-refractivity contribution in [3.63, 3.8) is 0 Å². The maximum atomic E-state index is 12.9. The van der Waals surface area contributed by atoms with Crippen LogP contribution in [0.15, 0.2) is 33.7 Å². The number of carbonyl (C=O) groups excluding carboxylic acids is 1. The van der Waals surface area contributed by atoms with Crippen molar-refractivity contribution < 1.29 is 17.7 Å². The predicted octanol–water partition coefficient (Wildman–Crippen LogP) is 0.989. The number of aryl methyl sites for hydroxylation is 1. The van der Waals surface area contributed by atoms with Crippen LogP contribution in [0.25, 0.3) is 0 Å². The van der Waals surface area contributed by atoms with Crippen LogP contribution < -0.4 is 10.2 Å². The molecule has 1 amide bonds. The molecule has 9 heteroatoms. The summed E-state index contributed by atoms with van der Waals surface area (Å²) in [6.07, 6.45) is 0.220. The zero-order valence-corrected chi connectivity index (χ0v) is 14.5. The highest BCUT2D eigenvalue weighted by atomic mass is 32.2. The van der Waals surface area contributed by atoms with Crippen LogP contribution in [0, 0.1) is 6.92 Å². The van der Waals surface area contributed by atoms with E-state index in [1.54, 1.807) is 18.2 Å². The molecule has 25 heavy (non-hydrogen) atoms. The van der Waals surface area contributed by atoms with Gasteiger partial charge in [0.15, 0.2) is 5.82 Å². The maximum absolute atomic E-state index is 12.9. The molecule has 2 aromatic rings. The molecule has 3 heterocycles. The molecule has 0 aliphatic carbocycles. The van der Waals surface area contributed by atoms with Crippen molar-refractivity contribution in [2.24, 2.45) is 0 Å². The molecule has 1 aromatic carbocycles. The number of fused-ring (bicyclic) bond motifs is 1. The van der Waals surface area contributed by atoms with E-state index in [2.05, 4.69) is 10.5 Å². The van der Waals surface area contributed by atoms with Gasteiger partial charge in [0.25, 0.3) is 0 Å². The van der Waals surface area contributed by atoms with Crippen LogP contribution in [0.4, 0.5) is 11.5 Å². The third kappa shape index (κ3) is 2.89. The third-order valence-electron chi connectivity index (χ3n) is 4.52. The number of nitrogens with one attached hydrogen (secondary N) is 1. The first-order valence-corrected chi connectivity index (χ1v) is 9.49. The number of nitrogens with zero attached hydrogens (tertiary/aromatic N) is 3. The third-order valence-corrected chi connectivity index (χ3v) is 6.41. The Labute approximate surface area is 145 Å². The van der Waals surface area contributed by atoms with Gasteiger partial charge in [-0.05, 0) is 30.7 Å². The molecule has 0 bridgehead atoms. The van der Waals surface area contributed by atoms with Crippen molar-refractivity contribution in [1.29, 1.82) is 0 Å². The van der Waals surface area contributed by atoms with Gasteiger partial charge in [0.05, 0.1) is 11.3 Å². The molecular weight excluding hydrogens is 344 g/mol. The highest BCUT2D eigenvalue weighted by Gasteiger charge is 2.30. The lowest BCUT2D eigenvalue weighted by Crippen LogP contribution is -2.48. The lowest BCUT2D eigenvalue weighted by molar-refractivity contribution is -0.115. The Morgan fingerprint density at radius 3 is 2.60 bits per heavy atom. The van der Waals surface area contributed by atoms with Gasteiger partial charge in [-0.15, -0.1) is 0 Å². The van der Waals surface area contributed by atoms with Crippen LogP contribution in [-0.2, 0) is 21.2 Å². The molecule has 4 rings (SSSR count). The van der Waals surface area contributed by atoms with E-state index in [0.717, 1.165) is 17.1 Å². The quantitative estimate of drug-likeness (QED) is 0.875. The number of benzene rings is 1. The van der Waals surface area contributed by atoms with Gasteiger partial charge in [0, 0.05) is 37.9 Å². The fourth-order valence-corrected chi connectivity index (χ4v) is 4.65. The molecule has 132 valence electrons. The van der Waals surface area contributed by atoms with Crippen molar-refractivity contribution in [3.05, 3.63) is 35.6 Å². The van der Waals surface area contributed by atoms with Crippen LogP contribution in [0.3, 0.4) is 0 Å². The van der Waals surface area contributed by atoms with Crippen molar-refractivity contribution in [1.82, 2.24) is 9.46 Å². The van der Waals surface area contributed by atoms with Gasteiger partial charge in [0.1, 0.15) is 5.76 Å². The fourth-order valence-electron chi connectivity index (χ4n) is 3.18. The standard InChI is InChI=1S/C16H18N4O4S/c1-11-8-15(18-24-11)19-4-6-20(7-5-19)25(22,23)13-2-3-14-12(9-13)10-16(21)17-14/h2-3,8-9H,4-7,10H2,1H3,(H,17,21). The number of piperazine rings is 1. The highest BCUT2D eigenvalue weighted by Crippen LogP contribution is 2.28. The van der Waals surface area contributed by atoms with Gasteiger partial charge in [-0.2, -0.15) is 4.31 Å². The Bertz CT molecular complexity index is 929. The monoisotopic (exact) mass is 362 g/mol. The Kier molecular flexibility index (Phi) is 3.77. The number of anilines is 2. The summed E-state index contributed by atoms with van der Waals surface area (Å²) < 4.78 is 32.3. The normalized spacial score (nSPS) is 18.3. The van der Waals surface area contributed by atoms with Crippen molar-refractivity contribution in [3.8, 4) is 0 Å².